The van der Waals surface area contributed by atoms with Crippen LogP contribution in [0.5, 0.6) is 0 Å². The first-order valence-electron chi connectivity index (χ1n) is 10.5. The second kappa shape index (κ2) is 8.43. The average Bonchev–Trinajstić information content (AvgIpc) is 3.30. The normalized spacial score (nSPS) is 12.4. The summed E-state index contributed by atoms with van der Waals surface area (Å²) in [5.41, 5.74) is 1.47. The Kier molecular flexibility index (Phi) is 5.86. The number of carbonyl (C=O) groups is 1. The molecule has 0 atom stereocenters. The lowest BCUT2D eigenvalue weighted by Gasteiger charge is -2.20. The number of rotatable bonds is 5. The van der Waals surface area contributed by atoms with Gasteiger partial charge in [0, 0.05) is 11.8 Å². The van der Waals surface area contributed by atoms with E-state index >= 15 is 0 Å². The standard InChI is InChI=1S/C23H21F5N6O/c1-12-7-5-6-8-16(12)11-33-15(4)20(14(3)31-33)30-21(35)17-10-19-29-13(2)9-18(34(19)32-17)22(24,25)23(26,27)28/h5-10H,11H2,1-4H3,(H,30,35). The molecular formula is C23H21F5N6O. The van der Waals surface area contributed by atoms with Crippen molar-refractivity contribution in [3.05, 3.63) is 76.0 Å². The van der Waals surface area contributed by atoms with Gasteiger partial charge in [0.15, 0.2) is 11.3 Å². The molecule has 0 spiro atoms. The molecule has 4 aromatic rings. The van der Waals surface area contributed by atoms with Crippen molar-refractivity contribution in [1.29, 1.82) is 0 Å². The second-order valence-corrected chi connectivity index (χ2v) is 8.24. The predicted molar refractivity (Wildman–Crippen MR) is 118 cm³/mol. The molecule has 1 N–H and O–H groups in total. The molecule has 3 heterocycles. The Morgan fingerprint density at radius 2 is 1.69 bits per heavy atom. The van der Waals surface area contributed by atoms with Crippen molar-refractivity contribution in [1.82, 2.24) is 24.4 Å². The van der Waals surface area contributed by atoms with Crippen LogP contribution in [0.1, 0.15) is 44.4 Å². The van der Waals surface area contributed by atoms with Gasteiger partial charge in [0.2, 0.25) is 0 Å². The third-order valence-electron chi connectivity index (χ3n) is 5.67. The lowest BCUT2D eigenvalue weighted by molar-refractivity contribution is -0.291. The lowest BCUT2D eigenvalue weighted by Crippen LogP contribution is -2.36. The van der Waals surface area contributed by atoms with Crippen LogP contribution in [-0.2, 0) is 12.5 Å². The van der Waals surface area contributed by atoms with Crippen LogP contribution in [0.25, 0.3) is 5.65 Å². The van der Waals surface area contributed by atoms with Gasteiger partial charge < -0.3 is 5.32 Å². The summed E-state index contributed by atoms with van der Waals surface area (Å²) >= 11 is 0. The summed E-state index contributed by atoms with van der Waals surface area (Å²) in [6.45, 7) is 7.15. The minimum Gasteiger partial charge on any atom is -0.317 e. The van der Waals surface area contributed by atoms with Crippen LogP contribution < -0.4 is 5.32 Å². The van der Waals surface area contributed by atoms with Gasteiger partial charge in [0.05, 0.1) is 23.6 Å². The average molecular weight is 492 g/mol. The Bertz CT molecular complexity index is 1440. The van der Waals surface area contributed by atoms with Crippen LogP contribution >= 0.6 is 0 Å². The van der Waals surface area contributed by atoms with Crippen LogP contribution in [0.4, 0.5) is 27.6 Å². The molecule has 184 valence electrons. The van der Waals surface area contributed by atoms with Gasteiger partial charge in [-0.15, -0.1) is 0 Å². The summed E-state index contributed by atoms with van der Waals surface area (Å²) in [7, 11) is 0. The van der Waals surface area contributed by atoms with Crippen LogP contribution in [0, 0.1) is 27.7 Å². The summed E-state index contributed by atoms with van der Waals surface area (Å²) in [4.78, 5) is 16.8. The summed E-state index contributed by atoms with van der Waals surface area (Å²) in [6.07, 6.45) is -5.85. The van der Waals surface area contributed by atoms with Gasteiger partial charge in [0.25, 0.3) is 5.91 Å². The topological polar surface area (TPSA) is 77.1 Å². The zero-order valence-corrected chi connectivity index (χ0v) is 19.2. The van der Waals surface area contributed by atoms with E-state index in [0.717, 1.165) is 17.2 Å². The SMILES string of the molecule is Cc1cc(C(F)(F)C(F)(F)F)n2nc(C(=O)Nc3c(C)nn(Cc4ccccc4C)c3C)cc2n1. The molecule has 0 saturated carbocycles. The van der Waals surface area contributed by atoms with Crippen LogP contribution in [0.3, 0.4) is 0 Å². The molecular weight excluding hydrogens is 471 g/mol. The molecule has 0 radical (unpaired) electrons. The van der Waals surface area contributed by atoms with Crippen molar-refractivity contribution in [2.75, 3.05) is 5.32 Å². The minimum absolute atomic E-state index is 0.0764. The fourth-order valence-electron chi connectivity index (χ4n) is 3.74. The molecule has 12 heteroatoms. The Morgan fingerprint density at radius 3 is 2.34 bits per heavy atom. The smallest absolute Gasteiger partial charge is 0.317 e. The van der Waals surface area contributed by atoms with Gasteiger partial charge in [0.1, 0.15) is 5.69 Å². The number of anilines is 1. The van der Waals surface area contributed by atoms with Gasteiger partial charge in [-0.05, 0) is 44.9 Å². The summed E-state index contributed by atoms with van der Waals surface area (Å²) < 4.78 is 69.3. The molecule has 1 amide bonds. The number of hydrogen-bond acceptors (Lipinski definition) is 4. The van der Waals surface area contributed by atoms with Gasteiger partial charge in [-0.2, -0.15) is 32.1 Å². The number of alkyl halides is 5. The molecule has 35 heavy (non-hydrogen) atoms. The fraction of sp³-hybridized carbons (Fsp3) is 0.304. The minimum atomic E-state index is -5.85. The van der Waals surface area contributed by atoms with Crippen molar-refractivity contribution >= 4 is 17.2 Å². The number of hydrogen-bond donors (Lipinski definition) is 1. The molecule has 1 aromatic carbocycles. The molecule has 0 aliphatic rings. The van der Waals surface area contributed by atoms with Crippen LogP contribution in [0.15, 0.2) is 36.4 Å². The maximum absolute atomic E-state index is 14.1. The molecule has 0 saturated heterocycles. The van der Waals surface area contributed by atoms with Crippen molar-refractivity contribution < 1.29 is 26.7 Å². The number of benzene rings is 1. The monoisotopic (exact) mass is 492 g/mol. The van der Waals surface area contributed by atoms with E-state index in [1.165, 1.54) is 6.92 Å². The highest BCUT2D eigenvalue weighted by Gasteiger charge is 2.60. The lowest BCUT2D eigenvalue weighted by atomic mass is 10.1. The zero-order chi connectivity index (χ0) is 25.7. The number of aryl methyl sites for hydroxylation is 3. The van der Waals surface area contributed by atoms with E-state index in [-0.39, 0.29) is 17.0 Å². The zero-order valence-electron chi connectivity index (χ0n) is 19.2. The number of nitrogens with one attached hydrogen (secondary N) is 1. The number of nitrogens with zero attached hydrogens (tertiary/aromatic N) is 5. The molecule has 0 bridgehead atoms. The van der Waals surface area contributed by atoms with E-state index in [9.17, 15) is 26.7 Å². The summed E-state index contributed by atoms with van der Waals surface area (Å²) in [5.74, 6) is -5.99. The quantitative estimate of drug-likeness (QED) is 0.393. The first-order valence-corrected chi connectivity index (χ1v) is 10.5. The Hall–Kier alpha value is -3.83. The molecule has 0 aliphatic heterocycles. The fourth-order valence-corrected chi connectivity index (χ4v) is 3.74. The highest BCUT2D eigenvalue weighted by atomic mass is 19.4. The number of halogens is 5. The van der Waals surface area contributed by atoms with E-state index in [1.54, 1.807) is 18.5 Å². The highest BCUT2D eigenvalue weighted by Crippen LogP contribution is 2.43. The third kappa shape index (κ3) is 4.35. The van der Waals surface area contributed by atoms with Gasteiger partial charge in [-0.25, -0.2) is 9.50 Å². The number of fused-ring (bicyclic) bond motifs is 1. The first-order chi connectivity index (χ1) is 16.3. The van der Waals surface area contributed by atoms with E-state index in [4.69, 9.17) is 0 Å². The summed E-state index contributed by atoms with van der Waals surface area (Å²) in [6, 6.07) is 9.42. The molecule has 3 aromatic heterocycles. The largest absolute Gasteiger partial charge is 0.459 e. The van der Waals surface area contributed by atoms with Crippen molar-refractivity contribution in [2.45, 2.75) is 46.3 Å². The van der Waals surface area contributed by atoms with Gasteiger partial charge >= 0.3 is 12.1 Å². The summed E-state index contributed by atoms with van der Waals surface area (Å²) in [5, 5.41) is 10.8. The van der Waals surface area contributed by atoms with E-state index < -0.39 is 23.7 Å². The molecule has 0 aliphatic carbocycles. The van der Waals surface area contributed by atoms with Crippen molar-refractivity contribution in [3.63, 3.8) is 0 Å². The van der Waals surface area contributed by atoms with Gasteiger partial charge in [-0.1, -0.05) is 24.3 Å². The van der Waals surface area contributed by atoms with Crippen molar-refractivity contribution in [2.24, 2.45) is 0 Å². The van der Waals surface area contributed by atoms with Crippen LogP contribution in [0.2, 0.25) is 0 Å². The Balaban J connectivity index is 1.67. The first kappa shape index (κ1) is 24.3. The number of carbonyl (C=O) groups excluding carboxylic acids is 1. The second-order valence-electron chi connectivity index (χ2n) is 8.24. The van der Waals surface area contributed by atoms with E-state index in [0.29, 0.717) is 34.2 Å². The highest BCUT2D eigenvalue weighted by molar-refractivity contribution is 6.04. The number of amides is 1. The van der Waals surface area contributed by atoms with E-state index in [2.05, 4.69) is 20.5 Å². The van der Waals surface area contributed by atoms with Crippen molar-refractivity contribution in [3.8, 4) is 0 Å². The molecule has 0 fully saturated rings. The van der Waals surface area contributed by atoms with Gasteiger partial charge in [-0.3, -0.25) is 9.48 Å². The maximum atomic E-state index is 14.1. The third-order valence-corrected chi connectivity index (χ3v) is 5.67. The molecule has 0 unspecified atom stereocenters. The molecule has 4 rings (SSSR count). The Labute approximate surface area is 196 Å². The predicted octanol–water partition coefficient (Wildman–Crippen LogP) is 5.11. The maximum Gasteiger partial charge on any atom is 0.459 e. The van der Waals surface area contributed by atoms with Crippen LogP contribution in [-0.4, -0.2) is 36.5 Å². The van der Waals surface area contributed by atoms with E-state index in [1.807, 2.05) is 31.2 Å². The number of aromatic nitrogens is 5. The molecule has 7 nitrogen and oxygen atoms in total. The Morgan fingerprint density at radius 1 is 1.00 bits per heavy atom.